The van der Waals surface area contributed by atoms with Gasteiger partial charge in [-0.05, 0) is 67.3 Å². The standard InChI is InChI=1S/C25H22F3N5O3/c1-13-7-22-21(12-20(13)16-5-6-29-23(10-16)36-4)24(32-15(3)31-22)30-14(2)17-8-18(25(26,27)28)11-19(9-17)33(34)35/h5-12,14H,1-4H3,(H,30,31,32)/t14-/m1/s1. The minimum Gasteiger partial charge on any atom is -0.481 e. The van der Waals surface area contributed by atoms with Gasteiger partial charge in [-0.15, -0.1) is 0 Å². The van der Waals surface area contributed by atoms with E-state index in [-0.39, 0.29) is 5.56 Å². The summed E-state index contributed by atoms with van der Waals surface area (Å²) in [6.07, 6.45) is -3.10. The highest BCUT2D eigenvalue weighted by atomic mass is 19.4. The summed E-state index contributed by atoms with van der Waals surface area (Å²) in [6, 6.07) is 9.25. The largest absolute Gasteiger partial charge is 0.481 e. The summed E-state index contributed by atoms with van der Waals surface area (Å²) in [5.41, 5.74) is 1.70. The van der Waals surface area contributed by atoms with E-state index in [0.717, 1.165) is 28.8 Å². The van der Waals surface area contributed by atoms with Crippen molar-refractivity contribution in [2.45, 2.75) is 33.0 Å². The van der Waals surface area contributed by atoms with Gasteiger partial charge < -0.3 is 10.1 Å². The molecule has 1 N–H and O–H groups in total. The van der Waals surface area contributed by atoms with Gasteiger partial charge >= 0.3 is 6.18 Å². The summed E-state index contributed by atoms with van der Waals surface area (Å²) in [6.45, 7) is 5.27. The van der Waals surface area contributed by atoms with Crippen molar-refractivity contribution in [3.63, 3.8) is 0 Å². The Hall–Kier alpha value is -4.28. The summed E-state index contributed by atoms with van der Waals surface area (Å²) in [5, 5.41) is 15.0. The number of ether oxygens (including phenoxy) is 1. The van der Waals surface area contributed by atoms with E-state index in [1.807, 2.05) is 25.1 Å². The van der Waals surface area contributed by atoms with E-state index < -0.39 is 28.4 Å². The molecule has 0 saturated carbocycles. The van der Waals surface area contributed by atoms with Crippen molar-refractivity contribution in [1.82, 2.24) is 15.0 Å². The van der Waals surface area contributed by atoms with Gasteiger partial charge in [0, 0.05) is 29.8 Å². The van der Waals surface area contributed by atoms with E-state index in [9.17, 15) is 23.3 Å². The third-order valence-corrected chi connectivity index (χ3v) is 5.74. The molecule has 2 heterocycles. The molecule has 2 aromatic heterocycles. The Labute approximate surface area is 204 Å². The number of aromatic nitrogens is 3. The van der Waals surface area contributed by atoms with E-state index in [4.69, 9.17) is 4.74 Å². The average molecular weight is 497 g/mol. The third-order valence-electron chi connectivity index (χ3n) is 5.74. The molecule has 0 saturated heterocycles. The van der Waals surface area contributed by atoms with Gasteiger partial charge in [0.25, 0.3) is 5.69 Å². The number of fused-ring (bicyclic) bond motifs is 1. The zero-order chi connectivity index (χ0) is 26.2. The predicted molar refractivity (Wildman–Crippen MR) is 129 cm³/mol. The summed E-state index contributed by atoms with van der Waals surface area (Å²) in [4.78, 5) is 23.5. The van der Waals surface area contributed by atoms with Crippen LogP contribution in [0.3, 0.4) is 0 Å². The van der Waals surface area contributed by atoms with Crippen molar-refractivity contribution in [2.75, 3.05) is 12.4 Å². The van der Waals surface area contributed by atoms with Gasteiger partial charge in [-0.3, -0.25) is 10.1 Å². The number of nitrogens with one attached hydrogen (secondary N) is 1. The van der Waals surface area contributed by atoms with Gasteiger partial charge in [0.05, 0.1) is 29.2 Å². The first-order valence-corrected chi connectivity index (χ1v) is 10.9. The van der Waals surface area contributed by atoms with Crippen LogP contribution in [0.25, 0.3) is 22.0 Å². The molecule has 0 spiro atoms. The molecule has 8 nitrogen and oxygen atoms in total. The van der Waals surface area contributed by atoms with Crippen LogP contribution in [0.2, 0.25) is 0 Å². The highest BCUT2D eigenvalue weighted by molar-refractivity contribution is 5.94. The van der Waals surface area contributed by atoms with Crippen LogP contribution < -0.4 is 10.1 Å². The molecule has 186 valence electrons. The fourth-order valence-corrected chi connectivity index (χ4v) is 3.95. The highest BCUT2D eigenvalue weighted by Crippen LogP contribution is 2.36. The van der Waals surface area contributed by atoms with Crippen molar-refractivity contribution in [3.8, 4) is 17.0 Å². The number of methoxy groups -OCH3 is 1. The number of hydrogen-bond acceptors (Lipinski definition) is 7. The van der Waals surface area contributed by atoms with Crippen LogP contribution in [0.5, 0.6) is 5.88 Å². The molecular formula is C25H22F3N5O3. The molecule has 11 heteroatoms. The Morgan fingerprint density at radius 2 is 1.83 bits per heavy atom. The molecule has 0 amide bonds. The number of pyridine rings is 1. The number of nitro groups is 1. The zero-order valence-corrected chi connectivity index (χ0v) is 19.8. The number of benzene rings is 2. The minimum atomic E-state index is -4.73. The molecule has 0 unspecified atom stereocenters. The second-order valence-corrected chi connectivity index (χ2v) is 8.32. The molecular weight excluding hydrogens is 475 g/mol. The topological polar surface area (TPSA) is 103 Å². The second kappa shape index (κ2) is 9.40. The van der Waals surface area contributed by atoms with Crippen LogP contribution in [0.1, 0.15) is 35.5 Å². The Kier molecular flexibility index (Phi) is 6.49. The fraction of sp³-hybridized carbons (Fsp3) is 0.240. The van der Waals surface area contributed by atoms with Crippen molar-refractivity contribution in [1.29, 1.82) is 0 Å². The highest BCUT2D eigenvalue weighted by Gasteiger charge is 2.33. The first-order valence-electron chi connectivity index (χ1n) is 10.9. The second-order valence-electron chi connectivity index (χ2n) is 8.32. The molecule has 0 aliphatic rings. The maximum absolute atomic E-state index is 13.4. The van der Waals surface area contributed by atoms with Crippen LogP contribution in [0, 0.1) is 24.0 Å². The molecule has 1 atom stereocenters. The van der Waals surface area contributed by atoms with Gasteiger partial charge in [-0.25, -0.2) is 15.0 Å². The number of non-ortho nitro benzene ring substituents is 1. The van der Waals surface area contributed by atoms with Crippen molar-refractivity contribution in [3.05, 3.63) is 81.3 Å². The molecule has 0 fully saturated rings. The lowest BCUT2D eigenvalue weighted by Gasteiger charge is -2.19. The molecule has 2 aromatic carbocycles. The summed E-state index contributed by atoms with van der Waals surface area (Å²) >= 11 is 0. The molecule has 4 rings (SSSR count). The number of nitro benzene ring substituents is 1. The SMILES string of the molecule is COc1cc(-c2cc3c(N[C@H](C)c4cc([N+](=O)[O-])cc(C(F)(F)F)c4)nc(C)nc3cc2C)ccn1. The quantitative estimate of drug-likeness (QED) is 0.242. The van der Waals surface area contributed by atoms with E-state index in [2.05, 4.69) is 20.3 Å². The van der Waals surface area contributed by atoms with E-state index >= 15 is 0 Å². The Bertz CT molecular complexity index is 1470. The Morgan fingerprint density at radius 1 is 1.08 bits per heavy atom. The zero-order valence-electron chi connectivity index (χ0n) is 19.8. The van der Waals surface area contributed by atoms with Gasteiger partial charge in [0.15, 0.2) is 0 Å². The third kappa shape index (κ3) is 5.04. The van der Waals surface area contributed by atoms with E-state index in [1.165, 1.54) is 7.11 Å². The van der Waals surface area contributed by atoms with E-state index in [1.54, 1.807) is 26.1 Å². The summed E-state index contributed by atoms with van der Waals surface area (Å²) in [5.74, 6) is 1.31. The number of aryl methyl sites for hydroxylation is 2. The van der Waals surface area contributed by atoms with Crippen molar-refractivity contribution < 1.29 is 22.8 Å². The lowest BCUT2D eigenvalue weighted by Crippen LogP contribution is -2.13. The molecule has 36 heavy (non-hydrogen) atoms. The van der Waals surface area contributed by atoms with Crippen molar-refractivity contribution in [2.24, 2.45) is 0 Å². The molecule has 0 radical (unpaired) electrons. The first-order chi connectivity index (χ1) is 17.0. The minimum absolute atomic E-state index is 0.104. The summed E-state index contributed by atoms with van der Waals surface area (Å²) in [7, 11) is 1.53. The first kappa shape index (κ1) is 24.8. The predicted octanol–water partition coefficient (Wildman–Crippen LogP) is 6.42. The van der Waals surface area contributed by atoms with Gasteiger partial charge in [-0.1, -0.05) is 0 Å². The van der Waals surface area contributed by atoms with E-state index in [0.29, 0.717) is 34.5 Å². The Morgan fingerprint density at radius 3 is 2.50 bits per heavy atom. The lowest BCUT2D eigenvalue weighted by molar-refractivity contribution is -0.385. The van der Waals surface area contributed by atoms with Crippen LogP contribution in [0.15, 0.2) is 48.7 Å². The van der Waals surface area contributed by atoms with Crippen LogP contribution in [-0.4, -0.2) is 27.0 Å². The van der Waals surface area contributed by atoms with Crippen LogP contribution in [-0.2, 0) is 6.18 Å². The normalized spacial score (nSPS) is 12.4. The monoisotopic (exact) mass is 497 g/mol. The Balaban J connectivity index is 1.81. The maximum Gasteiger partial charge on any atom is 0.416 e. The van der Waals surface area contributed by atoms with Crippen LogP contribution in [0.4, 0.5) is 24.7 Å². The number of anilines is 1. The van der Waals surface area contributed by atoms with Gasteiger partial charge in [0.1, 0.15) is 11.6 Å². The van der Waals surface area contributed by atoms with Gasteiger partial charge in [-0.2, -0.15) is 13.2 Å². The number of alkyl halides is 3. The number of rotatable bonds is 6. The van der Waals surface area contributed by atoms with Crippen LogP contribution >= 0.6 is 0 Å². The molecule has 0 aliphatic carbocycles. The number of hydrogen-bond donors (Lipinski definition) is 1. The van der Waals surface area contributed by atoms with Gasteiger partial charge in [0.2, 0.25) is 5.88 Å². The summed E-state index contributed by atoms with van der Waals surface area (Å²) < 4.78 is 45.4. The smallest absolute Gasteiger partial charge is 0.416 e. The van der Waals surface area contributed by atoms with Crippen molar-refractivity contribution >= 4 is 22.4 Å². The average Bonchev–Trinajstić information content (AvgIpc) is 2.82. The number of halogens is 3. The molecule has 4 aromatic rings. The maximum atomic E-state index is 13.4. The lowest BCUT2D eigenvalue weighted by atomic mass is 9.98. The number of nitrogens with zero attached hydrogens (tertiary/aromatic N) is 4. The molecule has 0 bridgehead atoms. The fourth-order valence-electron chi connectivity index (χ4n) is 3.95. The molecule has 0 aliphatic heterocycles.